The average Bonchev–Trinajstić information content (AvgIpc) is 3.31. The maximum Gasteiger partial charge on any atom is 0.416 e. The molecule has 1 aromatic carbocycles. The molecule has 0 saturated carbocycles. The minimum absolute atomic E-state index is 0.101. The van der Waals surface area contributed by atoms with Gasteiger partial charge in [0.05, 0.1) is 24.0 Å². The van der Waals surface area contributed by atoms with Crippen molar-refractivity contribution in [3.8, 4) is 5.69 Å². The Kier molecular flexibility index (Phi) is 5.21. The normalized spacial score (nSPS) is 20.8. The molecule has 0 N–H and O–H groups in total. The van der Waals surface area contributed by atoms with E-state index in [9.17, 15) is 17.4 Å². The Morgan fingerprint density at radius 3 is 2.66 bits per heavy atom. The van der Waals surface area contributed by atoms with Gasteiger partial charge in [-0.05, 0) is 34.7 Å². The van der Waals surface area contributed by atoms with Crippen molar-refractivity contribution in [3.05, 3.63) is 53.6 Å². The maximum absolute atomic E-state index is 12.8. The highest BCUT2D eigenvalue weighted by molar-refractivity contribution is 7.85. The fourth-order valence-electron chi connectivity index (χ4n) is 3.33. The molecule has 0 unspecified atom stereocenters. The highest BCUT2D eigenvalue weighted by Gasteiger charge is 2.31. The highest BCUT2D eigenvalue weighted by Crippen LogP contribution is 2.30. The van der Waals surface area contributed by atoms with Gasteiger partial charge in [-0.15, -0.1) is 5.10 Å². The molecule has 154 valence electrons. The smallest absolute Gasteiger partial charge is 0.287 e. The Bertz CT molecular complexity index is 1010. The number of halogens is 3. The molecule has 29 heavy (non-hydrogen) atoms. The van der Waals surface area contributed by atoms with Gasteiger partial charge >= 0.3 is 6.18 Å². The van der Waals surface area contributed by atoms with Gasteiger partial charge in [0.15, 0.2) is 5.82 Å². The van der Waals surface area contributed by atoms with Gasteiger partial charge in [-0.1, -0.05) is 0 Å². The number of aryl methyl sites for hydroxylation is 1. The number of hydrogen-bond donors (Lipinski definition) is 0. The summed E-state index contributed by atoms with van der Waals surface area (Å²) in [5.74, 6) is 1.51. The van der Waals surface area contributed by atoms with E-state index in [1.54, 1.807) is 10.9 Å². The molecule has 12 heteroatoms. The van der Waals surface area contributed by atoms with E-state index in [0.29, 0.717) is 36.1 Å². The van der Waals surface area contributed by atoms with Crippen molar-refractivity contribution >= 4 is 10.8 Å². The molecule has 3 heterocycles. The van der Waals surface area contributed by atoms with Crippen molar-refractivity contribution in [2.75, 3.05) is 18.1 Å². The number of rotatable bonds is 4. The molecule has 2 atom stereocenters. The summed E-state index contributed by atoms with van der Waals surface area (Å²) >= 11 is 0. The van der Waals surface area contributed by atoms with Gasteiger partial charge in [0.1, 0.15) is 0 Å². The molecular formula is C17H18F3N7OS. The molecule has 1 saturated heterocycles. The van der Waals surface area contributed by atoms with Crippen LogP contribution >= 0.6 is 0 Å². The number of nitrogens with zero attached hydrogens (tertiary/aromatic N) is 7. The fraction of sp³-hybridized carbons (Fsp3) is 0.412. The largest absolute Gasteiger partial charge is 0.416 e. The monoisotopic (exact) mass is 425 g/mol. The first-order chi connectivity index (χ1) is 13.8. The van der Waals surface area contributed by atoms with E-state index in [4.69, 9.17) is 0 Å². The van der Waals surface area contributed by atoms with Crippen LogP contribution in [0.3, 0.4) is 0 Å². The molecule has 0 amide bonds. The quantitative estimate of drug-likeness (QED) is 0.633. The Morgan fingerprint density at radius 2 is 2.00 bits per heavy atom. The van der Waals surface area contributed by atoms with Gasteiger partial charge in [0.25, 0.3) is 0 Å². The van der Waals surface area contributed by atoms with Gasteiger partial charge in [-0.3, -0.25) is 13.8 Å². The fourth-order valence-corrected chi connectivity index (χ4v) is 4.69. The molecule has 0 radical (unpaired) electrons. The third kappa shape index (κ3) is 4.22. The topological polar surface area (TPSA) is 81.7 Å². The minimum atomic E-state index is -4.40. The maximum atomic E-state index is 12.8. The van der Waals surface area contributed by atoms with Crippen LogP contribution in [0.15, 0.2) is 36.7 Å². The van der Waals surface area contributed by atoms with E-state index in [2.05, 4.69) is 25.5 Å². The molecule has 1 aliphatic rings. The summed E-state index contributed by atoms with van der Waals surface area (Å²) in [6.07, 6.45) is -0.763. The predicted octanol–water partition coefficient (Wildman–Crippen LogP) is 1.72. The molecule has 8 nitrogen and oxygen atoms in total. The van der Waals surface area contributed by atoms with Crippen molar-refractivity contribution in [1.82, 2.24) is 34.9 Å². The molecule has 0 aliphatic carbocycles. The van der Waals surface area contributed by atoms with Crippen LogP contribution in [-0.4, -0.2) is 57.1 Å². The SMILES string of the molecule is Cn1cc([C@H]2C[S@@](=O)CCN2Cc2nnnn2-c2ccc(C(F)(F)F)cc2)cn1. The Morgan fingerprint density at radius 1 is 1.24 bits per heavy atom. The standard InChI is InChI=1S/C17H18F3N7OS/c1-25-9-12(8-21-25)15-11-29(28)7-6-26(15)10-16-22-23-24-27(16)14-4-2-13(3-5-14)17(18,19)20/h2-5,8-9,15H,6-7,10-11H2,1H3/t15-,29+/m1/s1. The lowest BCUT2D eigenvalue weighted by Crippen LogP contribution is -2.40. The van der Waals surface area contributed by atoms with Crippen LogP contribution in [0.2, 0.25) is 0 Å². The molecule has 1 fully saturated rings. The van der Waals surface area contributed by atoms with Crippen molar-refractivity contribution < 1.29 is 17.4 Å². The molecule has 3 aromatic rings. The van der Waals surface area contributed by atoms with Crippen LogP contribution < -0.4 is 0 Å². The van der Waals surface area contributed by atoms with E-state index in [1.165, 1.54) is 16.8 Å². The van der Waals surface area contributed by atoms with E-state index < -0.39 is 22.5 Å². The first-order valence-electron chi connectivity index (χ1n) is 8.84. The van der Waals surface area contributed by atoms with Crippen molar-refractivity contribution in [2.45, 2.75) is 18.8 Å². The lowest BCUT2D eigenvalue weighted by Gasteiger charge is -2.34. The summed E-state index contributed by atoms with van der Waals surface area (Å²) in [6.45, 7) is 0.955. The number of benzene rings is 1. The molecule has 2 aromatic heterocycles. The lowest BCUT2D eigenvalue weighted by atomic mass is 10.1. The van der Waals surface area contributed by atoms with Crippen LogP contribution in [0, 0.1) is 0 Å². The lowest BCUT2D eigenvalue weighted by molar-refractivity contribution is -0.137. The van der Waals surface area contributed by atoms with E-state index in [-0.39, 0.29) is 6.04 Å². The first-order valence-corrected chi connectivity index (χ1v) is 10.3. The van der Waals surface area contributed by atoms with Crippen LogP contribution in [0.5, 0.6) is 0 Å². The molecule has 1 aliphatic heterocycles. The third-order valence-corrected chi connectivity index (χ3v) is 6.14. The summed E-state index contributed by atoms with van der Waals surface area (Å²) in [5.41, 5.74) is 0.664. The van der Waals surface area contributed by atoms with E-state index in [1.807, 2.05) is 13.2 Å². The van der Waals surface area contributed by atoms with Gasteiger partial charge in [0, 0.05) is 53.7 Å². The Hall–Kier alpha value is -2.60. The summed E-state index contributed by atoms with van der Waals surface area (Å²) in [6, 6.07) is 4.59. The van der Waals surface area contributed by atoms with Crippen molar-refractivity contribution in [2.24, 2.45) is 7.05 Å². The number of hydrogen-bond acceptors (Lipinski definition) is 6. The van der Waals surface area contributed by atoms with Crippen LogP contribution in [0.4, 0.5) is 13.2 Å². The molecule has 4 rings (SSSR count). The van der Waals surface area contributed by atoms with Crippen molar-refractivity contribution in [3.63, 3.8) is 0 Å². The second kappa shape index (κ2) is 7.67. The van der Waals surface area contributed by atoms with Crippen LogP contribution in [-0.2, 0) is 30.6 Å². The second-order valence-corrected chi connectivity index (χ2v) is 8.42. The van der Waals surface area contributed by atoms with Gasteiger partial charge in [-0.2, -0.15) is 23.0 Å². The average molecular weight is 425 g/mol. The molecular weight excluding hydrogens is 407 g/mol. The van der Waals surface area contributed by atoms with Crippen LogP contribution in [0.1, 0.15) is 23.0 Å². The number of alkyl halides is 3. The summed E-state index contributed by atoms with van der Waals surface area (Å²) < 4.78 is 53.6. The Balaban J connectivity index is 1.58. The third-order valence-electron chi connectivity index (χ3n) is 4.82. The highest BCUT2D eigenvalue weighted by atomic mass is 32.2. The van der Waals surface area contributed by atoms with E-state index >= 15 is 0 Å². The molecule has 0 spiro atoms. The van der Waals surface area contributed by atoms with Crippen molar-refractivity contribution in [1.29, 1.82) is 0 Å². The minimum Gasteiger partial charge on any atom is -0.287 e. The van der Waals surface area contributed by atoms with Gasteiger partial charge in [-0.25, -0.2) is 0 Å². The number of aromatic nitrogens is 6. The summed E-state index contributed by atoms with van der Waals surface area (Å²) in [5, 5.41) is 15.9. The van der Waals surface area contributed by atoms with Crippen LogP contribution in [0.25, 0.3) is 5.69 Å². The van der Waals surface area contributed by atoms with E-state index in [0.717, 1.165) is 17.7 Å². The molecule has 0 bridgehead atoms. The zero-order valence-electron chi connectivity index (χ0n) is 15.5. The zero-order valence-corrected chi connectivity index (χ0v) is 16.3. The number of tetrazole rings is 1. The van der Waals surface area contributed by atoms with Gasteiger partial charge in [0.2, 0.25) is 0 Å². The zero-order chi connectivity index (χ0) is 20.6. The predicted molar refractivity (Wildman–Crippen MR) is 98.4 cm³/mol. The second-order valence-electron chi connectivity index (χ2n) is 6.80. The van der Waals surface area contributed by atoms with Gasteiger partial charge < -0.3 is 0 Å². The first kappa shape index (κ1) is 19.7. The Labute approximate surface area is 166 Å². The summed E-state index contributed by atoms with van der Waals surface area (Å²) in [4.78, 5) is 2.12. The summed E-state index contributed by atoms with van der Waals surface area (Å²) in [7, 11) is 0.891.